The van der Waals surface area contributed by atoms with E-state index in [2.05, 4.69) is 26.2 Å². The molecule has 37 heavy (non-hydrogen) atoms. The molecule has 0 bridgehead atoms. The molecule has 0 fully saturated rings. The van der Waals surface area contributed by atoms with Crippen molar-refractivity contribution in [3.05, 3.63) is 92.7 Å². The molecule has 194 valence electrons. The molecule has 2 aromatic carbocycles. The van der Waals surface area contributed by atoms with Gasteiger partial charge in [-0.1, -0.05) is 34.1 Å². The van der Waals surface area contributed by atoms with E-state index >= 15 is 0 Å². The Kier molecular flexibility index (Phi) is 7.31. The maximum absolute atomic E-state index is 13.1. The Morgan fingerprint density at radius 3 is 2.08 bits per heavy atom. The number of halogens is 7. The maximum Gasteiger partial charge on any atom is 0.416 e. The summed E-state index contributed by atoms with van der Waals surface area (Å²) >= 11 is 3.51. The van der Waals surface area contributed by atoms with Crippen LogP contribution in [0.2, 0.25) is 0 Å². The predicted octanol–water partition coefficient (Wildman–Crippen LogP) is 6.42. The molecule has 1 heterocycles. The Morgan fingerprint density at radius 1 is 0.865 bits per heavy atom. The first-order valence-electron chi connectivity index (χ1n) is 11.0. The maximum atomic E-state index is 13.1. The number of anilines is 1. The molecule has 4 rings (SSSR count). The number of carbonyl (C=O) groups is 2. The number of nitrogens with zero attached hydrogens (tertiary/aromatic N) is 1. The van der Waals surface area contributed by atoms with Gasteiger partial charge in [-0.3, -0.25) is 9.59 Å². The number of aromatic nitrogens is 1. The van der Waals surface area contributed by atoms with E-state index in [0.717, 1.165) is 16.5 Å². The molecule has 1 aliphatic rings. The van der Waals surface area contributed by atoms with E-state index in [9.17, 15) is 35.9 Å². The van der Waals surface area contributed by atoms with E-state index in [1.807, 2.05) is 23.5 Å². The Hall–Kier alpha value is -3.41. The van der Waals surface area contributed by atoms with Crippen molar-refractivity contribution >= 4 is 33.4 Å². The van der Waals surface area contributed by atoms with Crippen LogP contribution >= 0.6 is 15.9 Å². The molecule has 5 nitrogen and oxygen atoms in total. The van der Waals surface area contributed by atoms with Crippen molar-refractivity contribution in [3.63, 3.8) is 0 Å². The average molecular weight is 586 g/mol. The van der Waals surface area contributed by atoms with E-state index in [1.54, 1.807) is 0 Å². The first-order chi connectivity index (χ1) is 17.3. The van der Waals surface area contributed by atoms with Crippen LogP contribution < -0.4 is 10.6 Å². The largest absolute Gasteiger partial charge is 0.416 e. The molecule has 12 heteroatoms. The van der Waals surface area contributed by atoms with Gasteiger partial charge in [0, 0.05) is 16.2 Å². The van der Waals surface area contributed by atoms with Gasteiger partial charge in [0.25, 0.3) is 11.8 Å². The van der Waals surface area contributed by atoms with Gasteiger partial charge in [0.1, 0.15) is 11.4 Å². The predicted molar refractivity (Wildman–Crippen MR) is 126 cm³/mol. The van der Waals surface area contributed by atoms with Crippen LogP contribution in [0.15, 0.2) is 59.1 Å². The van der Waals surface area contributed by atoms with E-state index in [4.69, 9.17) is 0 Å². The Balaban J connectivity index is 1.50. The number of alkyl halides is 6. The second-order valence-corrected chi connectivity index (χ2v) is 9.30. The number of carbonyl (C=O) groups excluding carboxylic acids is 2. The third-order valence-electron chi connectivity index (χ3n) is 5.82. The van der Waals surface area contributed by atoms with E-state index in [-0.39, 0.29) is 23.5 Å². The van der Waals surface area contributed by atoms with Crippen LogP contribution in [0.25, 0.3) is 0 Å². The monoisotopic (exact) mass is 585 g/mol. The second kappa shape index (κ2) is 10.2. The number of nitrogens with one attached hydrogen (secondary N) is 2. The van der Waals surface area contributed by atoms with Gasteiger partial charge in [0.15, 0.2) is 0 Å². The molecular formula is C25H18BrF6N3O2. The highest BCUT2D eigenvalue weighted by Crippen LogP contribution is 2.37. The van der Waals surface area contributed by atoms with Crippen LogP contribution in [0.4, 0.5) is 32.0 Å². The van der Waals surface area contributed by atoms with Crippen LogP contribution in [0.3, 0.4) is 0 Å². The van der Waals surface area contributed by atoms with Gasteiger partial charge >= 0.3 is 12.4 Å². The van der Waals surface area contributed by atoms with Crippen LogP contribution in [0, 0.1) is 0 Å². The Morgan fingerprint density at radius 2 is 1.46 bits per heavy atom. The topological polar surface area (TPSA) is 71.1 Å². The number of hydrogen-bond donors (Lipinski definition) is 2. The number of amides is 2. The molecule has 0 saturated heterocycles. The summed E-state index contributed by atoms with van der Waals surface area (Å²) in [6.07, 6.45) is -8.10. The molecule has 0 saturated carbocycles. The fourth-order valence-corrected chi connectivity index (χ4v) is 4.61. The lowest BCUT2D eigenvalue weighted by molar-refractivity contribution is -0.143. The smallest absolute Gasteiger partial charge is 0.348 e. The first kappa shape index (κ1) is 26.6. The highest BCUT2D eigenvalue weighted by molar-refractivity contribution is 9.10. The summed E-state index contributed by atoms with van der Waals surface area (Å²) in [7, 11) is 0. The number of rotatable bonds is 4. The van der Waals surface area contributed by atoms with E-state index in [0.29, 0.717) is 25.0 Å². The number of hydrogen-bond acceptors (Lipinski definition) is 3. The third-order valence-corrected chi connectivity index (χ3v) is 6.57. The zero-order chi connectivity index (χ0) is 27.0. The lowest BCUT2D eigenvalue weighted by atomic mass is 9.88. The van der Waals surface area contributed by atoms with Crippen LogP contribution in [-0.4, -0.2) is 22.8 Å². The molecule has 3 aromatic rings. The van der Waals surface area contributed by atoms with Crippen molar-refractivity contribution in [2.24, 2.45) is 0 Å². The minimum Gasteiger partial charge on any atom is -0.348 e. The first-order valence-corrected chi connectivity index (χ1v) is 11.8. The van der Waals surface area contributed by atoms with Gasteiger partial charge < -0.3 is 10.6 Å². The fraction of sp³-hybridized carbons (Fsp3) is 0.240. The summed E-state index contributed by atoms with van der Waals surface area (Å²) < 4.78 is 79.5. The highest BCUT2D eigenvalue weighted by atomic mass is 79.9. The zero-order valence-electron chi connectivity index (χ0n) is 18.8. The lowest BCUT2D eigenvalue weighted by Crippen LogP contribution is -2.39. The Labute approximate surface area is 215 Å². The SMILES string of the molecule is O=C(Nc1cc(C(F)(F)F)cc(C(F)(F)F)c1)c1cccc(C(=O)NC2CCc3cccc(Br)c3C2)n1. The van der Waals surface area contributed by atoms with E-state index < -0.39 is 41.0 Å². The van der Waals surface area contributed by atoms with Gasteiger partial charge in [-0.05, 0) is 66.8 Å². The van der Waals surface area contributed by atoms with Crippen LogP contribution in [-0.2, 0) is 25.2 Å². The lowest BCUT2D eigenvalue weighted by Gasteiger charge is -2.26. The third kappa shape index (κ3) is 6.30. The molecule has 0 aliphatic heterocycles. The second-order valence-electron chi connectivity index (χ2n) is 8.45. The molecule has 1 aromatic heterocycles. The van der Waals surface area contributed by atoms with Crippen molar-refractivity contribution in [2.45, 2.75) is 37.7 Å². The van der Waals surface area contributed by atoms with Crippen molar-refractivity contribution < 1.29 is 35.9 Å². The summed E-state index contributed by atoms with van der Waals surface area (Å²) in [5, 5.41) is 4.87. The van der Waals surface area contributed by atoms with Crippen molar-refractivity contribution in [2.75, 3.05) is 5.32 Å². The summed E-state index contributed by atoms with van der Waals surface area (Å²) in [6, 6.07) is 10.3. The molecule has 2 N–H and O–H groups in total. The summed E-state index contributed by atoms with van der Waals surface area (Å²) in [6.45, 7) is 0. The fourth-order valence-electron chi connectivity index (χ4n) is 4.04. The summed E-state index contributed by atoms with van der Waals surface area (Å²) in [5.74, 6) is -1.63. The molecule has 0 spiro atoms. The molecule has 1 aliphatic carbocycles. The number of aryl methyl sites for hydroxylation is 1. The van der Waals surface area contributed by atoms with Crippen LogP contribution in [0.5, 0.6) is 0 Å². The van der Waals surface area contributed by atoms with Gasteiger partial charge in [0.05, 0.1) is 11.1 Å². The molecule has 1 atom stereocenters. The summed E-state index contributed by atoms with van der Waals surface area (Å²) in [4.78, 5) is 29.3. The van der Waals surface area contributed by atoms with E-state index in [1.165, 1.54) is 23.8 Å². The average Bonchev–Trinajstić information content (AvgIpc) is 2.83. The van der Waals surface area contributed by atoms with Crippen LogP contribution in [0.1, 0.15) is 49.7 Å². The minimum absolute atomic E-state index is 0.0406. The molecule has 1 unspecified atom stereocenters. The van der Waals surface area contributed by atoms with Gasteiger partial charge in [-0.15, -0.1) is 0 Å². The quantitative estimate of drug-likeness (QED) is 0.347. The molecular weight excluding hydrogens is 568 g/mol. The summed E-state index contributed by atoms with van der Waals surface area (Å²) in [5.41, 5.74) is -2.06. The zero-order valence-corrected chi connectivity index (χ0v) is 20.4. The van der Waals surface area contributed by atoms with Gasteiger partial charge in [0.2, 0.25) is 0 Å². The van der Waals surface area contributed by atoms with Gasteiger partial charge in [-0.2, -0.15) is 26.3 Å². The number of benzene rings is 2. The van der Waals surface area contributed by atoms with Crippen molar-refractivity contribution in [3.8, 4) is 0 Å². The standard InChI is InChI=1S/C25H18BrF6N3O2/c26-19-4-1-3-13-7-8-16(12-18(13)19)33-22(36)20-5-2-6-21(35-20)23(37)34-17-10-14(24(27,28)29)9-15(11-17)25(30,31)32/h1-6,9-11,16H,7-8,12H2,(H,33,36)(H,34,37). The highest BCUT2D eigenvalue weighted by Gasteiger charge is 2.37. The molecule has 0 radical (unpaired) electrons. The number of pyridine rings is 1. The van der Waals surface area contributed by atoms with Gasteiger partial charge in [-0.25, -0.2) is 4.98 Å². The van der Waals surface area contributed by atoms with Crippen molar-refractivity contribution in [1.29, 1.82) is 0 Å². The van der Waals surface area contributed by atoms with Crippen molar-refractivity contribution in [1.82, 2.24) is 10.3 Å². The molecule has 2 amide bonds. The minimum atomic E-state index is -5.06. The Bertz CT molecular complexity index is 1320. The number of fused-ring (bicyclic) bond motifs is 1. The normalized spacial score (nSPS) is 15.6.